The summed E-state index contributed by atoms with van der Waals surface area (Å²) in [6, 6.07) is 6.91. The number of hydrogen-bond donors (Lipinski definition) is 1. The molecule has 0 saturated carbocycles. The van der Waals surface area contributed by atoms with Crippen LogP contribution in [0.5, 0.6) is 5.75 Å². The van der Waals surface area contributed by atoms with Gasteiger partial charge in [-0.25, -0.2) is 4.39 Å². The molecule has 5 heteroatoms. The Morgan fingerprint density at radius 1 is 1.39 bits per heavy atom. The molecule has 0 unspecified atom stereocenters. The van der Waals surface area contributed by atoms with Crippen LogP contribution >= 0.6 is 27.3 Å². The smallest absolute Gasteiger partial charge is 0.167 e. The van der Waals surface area contributed by atoms with Crippen LogP contribution in [0.2, 0.25) is 0 Å². The average molecular weight is 330 g/mol. The fourth-order valence-electron chi connectivity index (χ4n) is 1.52. The van der Waals surface area contributed by atoms with Gasteiger partial charge in [0.2, 0.25) is 0 Å². The van der Waals surface area contributed by atoms with Crippen molar-refractivity contribution < 1.29 is 9.13 Å². The van der Waals surface area contributed by atoms with Crippen molar-refractivity contribution >= 4 is 33.0 Å². The predicted octanol–water partition coefficient (Wildman–Crippen LogP) is 4.66. The number of hydrogen-bond acceptors (Lipinski definition) is 3. The Balaban J connectivity index is 2.02. The maximum absolute atomic E-state index is 13.6. The van der Waals surface area contributed by atoms with Crippen LogP contribution in [0.1, 0.15) is 11.8 Å². The number of ether oxygens (including phenoxy) is 1. The molecule has 0 amide bonds. The maximum Gasteiger partial charge on any atom is 0.167 e. The van der Waals surface area contributed by atoms with Gasteiger partial charge in [0, 0.05) is 21.1 Å². The normalized spacial score (nSPS) is 10.4. The minimum Gasteiger partial charge on any atom is -0.491 e. The van der Waals surface area contributed by atoms with Gasteiger partial charge in [0.05, 0.1) is 13.2 Å². The monoisotopic (exact) mass is 329 g/mol. The standard InChI is InChI=1S/C13H13BrFNOS/c1-2-17-12-4-3-9(7-11(12)15)16-8-13-10(14)5-6-18-13/h3-7,16H,2,8H2,1H3. The molecule has 2 aromatic rings. The summed E-state index contributed by atoms with van der Waals surface area (Å²) in [6.07, 6.45) is 0. The number of halogens is 2. The molecule has 0 aliphatic rings. The van der Waals surface area contributed by atoms with Gasteiger partial charge in [0.25, 0.3) is 0 Å². The van der Waals surface area contributed by atoms with Crippen LogP contribution in [-0.4, -0.2) is 6.61 Å². The largest absolute Gasteiger partial charge is 0.491 e. The van der Waals surface area contributed by atoms with E-state index in [4.69, 9.17) is 4.74 Å². The van der Waals surface area contributed by atoms with Gasteiger partial charge >= 0.3 is 0 Å². The van der Waals surface area contributed by atoms with Crippen molar-refractivity contribution in [2.45, 2.75) is 13.5 Å². The molecule has 1 N–H and O–H groups in total. The van der Waals surface area contributed by atoms with Crippen molar-refractivity contribution in [3.05, 3.63) is 44.8 Å². The summed E-state index contributed by atoms with van der Waals surface area (Å²) < 4.78 is 19.8. The fourth-order valence-corrected chi connectivity index (χ4v) is 2.95. The first-order chi connectivity index (χ1) is 8.70. The summed E-state index contributed by atoms with van der Waals surface area (Å²) in [5.41, 5.74) is 0.747. The van der Waals surface area contributed by atoms with Crippen molar-refractivity contribution in [1.29, 1.82) is 0 Å². The second-order valence-electron chi connectivity index (χ2n) is 3.62. The zero-order chi connectivity index (χ0) is 13.0. The van der Waals surface area contributed by atoms with Crippen molar-refractivity contribution in [2.24, 2.45) is 0 Å². The van der Waals surface area contributed by atoms with E-state index in [-0.39, 0.29) is 5.82 Å². The van der Waals surface area contributed by atoms with Gasteiger partial charge < -0.3 is 10.1 Å². The molecule has 2 rings (SSSR count). The molecule has 0 atom stereocenters. The number of thiophene rings is 1. The molecule has 0 spiro atoms. The summed E-state index contributed by atoms with van der Waals surface area (Å²) in [4.78, 5) is 1.18. The molecule has 1 aromatic heterocycles. The Morgan fingerprint density at radius 3 is 2.83 bits per heavy atom. The van der Waals surface area contributed by atoms with Crippen molar-refractivity contribution in [3.8, 4) is 5.75 Å². The van der Waals surface area contributed by atoms with Gasteiger partial charge in [-0.15, -0.1) is 11.3 Å². The SMILES string of the molecule is CCOc1ccc(NCc2sccc2Br)cc1F. The molecule has 2 nitrogen and oxygen atoms in total. The summed E-state index contributed by atoms with van der Waals surface area (Å²) in [7, 11) is 0. The van der Waals surface area contributed by atoms with Gasteiger partial charge in [0.15, 0.2) is 11.6 Å². The van der Waals surface area contributed by atoms with E-state index < -0.39 is 0 Å². The minimum absolute atomic E-state index is 0.292. The van der Waals surface area contributed by atoms with Gasteiger partial charge in [0.1, 0.15) is 0 Å². The van der Waals surface area contributed by atoms with E-state index in [0.717, 1.165) is 10.2 Å². The number of rotatable bonds is 5. The lowest BCUT2D eigenvalue weighted by Crippen LogP contribution is -2.00. The maximum atomic E-state index is 13.6. The zero-order valence-electron chi connectivity index (χ0n) is 9.87. The first-order valence-corrected chi connectivity index (χ1v) is 7.26. The third kappa shape index (κ3) is 3.23. The molecule has 18 heavy (non-hydrogen) atoms. The molecule has 0 radical (unpaired) electrons. The van der Waals surface area contributed by atoms with E-state index in [9.17, 15) is 4.39 Å². The third-order valence-electron chi connectivity index (χ3n) is 2.38. The average Bonchev–Trinajstić information content (AvgIpc) is 2.76. The molecule has 1 aromatic carbocycles. The lowest BCUT2D eigenvalue weighted by atomic mass is 10.3. The second kappa shape index (κ2) is 6.20. The predicted molar refractivity (Wildman–Crippen MR) is 76.9 cm³/mol. The Bertz CT molecular complexity index is 529. The highest BCUT2D eigenvalue weighted by Gasteiger charge is 2.05. The Labute approximate surface area is 118 Å². The Hall–Kier alpha value is -1.07. The number of benzene rings is 1. The summed E-state index contributed by atoms with van der Waals surface area (Å²) in [5, 5.41) is 5.20. The van der Waals surface area contributed by atoms with E-state index in [0.29, 0.717) is 18.9 Å². The van der Waals surface area contributed by atoms with Crippen molar-refractivity contribution in [2.75, 3.05) is 11.9 Å². The van der Waals surface area contributed by atoms with Gasteiger partial charge in [-0.1, -0.05) is 0 Å². The van der Waals surface area contributed by atoms with E-state index in [1.807, 2.05) is 24.4 Å². The summed E-state index contributed by atoms with van der Waals surface area (Å²) >= 11 is 5.12. The molecular formula is C13H13BrFNOS. The molecule has 0 fully saturated rings. The van der Waals surface area contributed by atoms with Crippen LogP contribution < -0.4 is 10.1 Å². The van der Waals surface area contributed by atoms with Gasteiger partial charge in [-0.3, -0.25) is 0 Å². The van der Waals surface area contributed by atoms with Crippen LogP contribution in [0.4, 0.5) is 10.1 Å². The molecule has 0 aliphatic heterocycles. The molecule has 0 bridgehead atoms. The van der Waals surface area contributed by atoms with Crippen LogP contribution in [0.3, 0.4) is 0 Å². The minimum atomic E-state index is -0.341. The molecule has 0 aliphatic carbocycles. The Kier molecular flexibility index (Phi) is 4.60. The molecule has 0 saturated heterocycles. The Morgan fingerprint density at radius 2 is 2.22 bits per heavy atom. The highest BCUT2D eigenvalue weighted by molar-refractivity contribution is 9.10. The summed E-state index contributed by atoms with van der Waals surface area (Å²) in [5.74, 6) is -0.0487. The van der Waals surface area contributed by atoms with Crippen LogP contribution in [0, 0.1) is 5.82 Å². The lowest BCUT2D eigenvalue weighted by molar-refractivity contribution is 0.321. The van der Waals surface area contributed by atoms with Crippen LogP contribution in [-0.2, 0) is 6.54 Å². The highest BCUT2D eigenvalue weighted by atomic mass is 79.9. The second-order valence-corrected chi connectivity index (χ2v) is 5.48. The van der Waals surface area contributed by atoms with Gasteiger partial charge in [-0.05, 0) is 46.4 Å². The van der Waals surface area contributed by atoms with E-state index in [1.165, 1.54) is 10.9 Å². The fraction of sp³-hybridized carbons (Fsp3) is 0.231. The number of anilines is 1. The van der Waals surface area contributed by atoms with Gasteiger partial charge in [-0.2, -0.15) is 0 Å². The van der Waals surface area contributed by atoms with E-state index in [2.05, 4.69) is 21.2 Å². The van der Waals surface area contributed by atoms with Crippen LogP contribution in [0.25, 0.3) is 0 Å². The van der Waals surface area contributed by atoms with Crippen molar-refractivity contribution in [3.63, 3.8) is 0 Å². The van der Waals surface area contributed by atoms with E-state index in [1.54, 1.807) is 17.4 Å². The topological polar surface area (TPSA) is 21.3 Å². The molecule has 1 heterocycles. The summed E-state index contributed by atoms with van der Waals surface area (Å²) in [6.45, 7) is 2.97. The van der Waals surface area contributed by atoms with Crippen molar-refractivity contribution in [1.82, 2.24) is 0 Å². The lowest BCUT2D eigenvalue weighted by Gasteiger charge is -2.08. The number of nitrogens with one attached hydrogen (secondary N) is 1. The quantitative estimate of drug-likeness (QED) is 0.861. The zero-order valence-corrected chi connectivity index (χ0v) is 12.3. The molecular weight excluding hydrogens is 317 g/mol. The molecule has 96 valence electrons. The third-order valence-corrected chi connectivity index (χ3v) is 4.30. The van der Waals surface area contributed by atoms with E-state index >= 15 is 0 Å². The highest BCUT2D eigenvalue weighted by Crippen LogP contribution is 2.25. The van der Waals surface area contributed by atoms with Crippen LogP contribution in [0.15, 0.2) is 34.1 Å². The first kappa shape index (κ1) is 13.4. The first-order valence-electron chi connectivity index (χ1n) is 5.58.